The topological polar surface area (TPSA) is 242 Å². The Bertz CT molecular complexity index is 1270. The number of nitrogens with one attached hydrogen (secondary N) is 2. The number of hydrogen-bond acceptors (Lipinski definition) is 10. The van der Waals surface area contributed by atoms with E-state index >= 15 is 0 Å². The van der Waals surface area contributed by atoms with Crippen molar-refractivity contribution in [3.05, 3.63) is 35.9 Å². The molecule has 3 fully saturated rings. The second kappa shape index (κ2) is 18.1. The summed E-state index contributed by atoms with van der Waals surface area (Å²) in [5.74, 6) is -1.40. The van der Waals surface area contributed by atoms with Crippen LogP contribution in [0.2, 0.25) is 0 Å². The smallest absolute Gasteiger partial charge is 0.249 e. The van der Waals surface area contributed by atoms with Gasteiger partial charge in [-0.15, -0.1) is 0 Å². The number of guanidine groups is 1. The van der Waals surface area contributed by atoms with Crippen LogP contribution >= 0.6 is 0 Å². The van der Waals surface area contributed by atoms with E-state index in [1.54, 1.807) is 4.90 Å². The minimum Gasteiger partial charge on any atom is -0.388 e. The van der Waals surface area contributed by atoms with E-state index < -0.39 is 66.7 Å². The lowest BCUT2D eigenvalue weighted by atomic mass is 9.82. The molecular formula is C34H54N6O9. The van der Waals surface area contributed by atoms with Crippen LogP contribution in [0.5, 0.6) is 0 Å². The average Bonchev–Trinajstić information content (AvgIpc) is 3.45. The van der Waals surface area contributed by atoms with Gasteiger partial charge in [0.05, 0.1) is 12.7 Å². The number of benzene rings is 1. The van der Waals surface area contributed by atoms with Crippen molar-refractivity contribution in [2.24, 2.45) is 28.3 Å². The van der Waals surface area contributed by atoms with Gasteiger partial charge in [-0.05, 0) is 62.3 Å². The van der Waals surface area contributed by atoms with E-state index in [2.05, 4.69) is 15.6 Å². The van der Waals surface area contributed by atoms with Crippen LogP contribution in [0.1, 0.15) is 64.4 Å². The van der Waals surface area contributed by atoms with Crippen molar-refractivity contribution in [1.29, 1.82) is 0 Å². The number of aliphatic hydroxyl groups excluding tert-OH is 4. The molecule has 1 aromatic rings. The van der Waals surface area contributed by atoms with Crippen molar-refractivity contribution in [3.8, 4) is 0 Å². The summed E-state index contributed by atoms with van der Waals surface area (Å²) < 4.78 is 11.6. The van der Waals surface area contributed by atoms with Crippen LogP contribution in [0.25, 0.3) is 0 Å². The molecular weight excluding hydrogens is 636 g/mol. The fourth-order valence-corrected chi connectivity index (χ4v) is 7.03. The van der Waals surface area contributed by atoms with Crippen LogP contribution in [0.15, 0.2) is 35.3 Å². The van der Waals surface area contributed by atoms with E-state index in [1.807, 2.05) is 44.2 Å². The van der Waals surface area contributed by atoms with Crippen LogP contribution in [-0.4, -0.2) is 124 Å². The van der Waals surface area contributed by atoms with Gasteiger partial charge in [0.1, 0.15) is 36.5 Å². The fourth-order valence-electron chi connectivity index (χ4n) is 7.03. The molecule has 10 unspecified atom stereocenters. The molecule has 2 heterocycles. The molecule has 1 aliphatic carbocycles. The number of nitrogens with zero attached hydrogens (tertiary/aromatic N) is 2. The van der Waals surface area contributed by atoms with Crippen LogP contribution in [0.4, 0.5) is 0 Å². The average molecular weight is 691 g/mol. The third kappa shape index (κ3) is 10.6. The third-order valence-electron chi connectivity index (χ3n) is 9.54. The number of amides is 3. The van der Waals surface area contributed by atoms with Gasteiger partial charge < -0.3 is 56.9 Å². The Morgan fingerprint density at radius 3 is 2.49 bits per heavy atom. The van der Waals surface area contributed by atoms with Crippen LogP contribution in [0, 0.1) is 11.8 Å². The molecule has 2 saturated heterocycles. The summed E-state index contributed by atoms with van der Waals surface area (Å²) in [7, 11) is 0. The van der Waals surface area contributed by atoms with Crippen LogP contribution in [-0.2, 0) is 30.3 Å². The Labute approximate surface area is 287 Å². The van der Waals surface area contributed by atoms with Crippen molar-refractivity contribution >= 4 is 23.7 Å². The predicted octanol–water partition coefficient (Wildman–Crippen LogP) is -1.12. The summed E-state index contributed by atoms with van der Waals surface area (Å²) in [6.45, 7) is 4.45. The van der Waals surface area contributed by atoms with E-state index in [9.17, 15) is 34.8 Å². The number of ether oxygens (including phenoxy) is 2. The highest BCUT2D eigenvalue weighted by atomic mass is 16.7. The van der Waals surface area contributed by atoms with Crippen molar-refractivity contribution in [2.45, 2.75) is 120 Å². The highest BCUT2D eigenvalue weighted by molar-refractivity contribution is 5.93. The highest BCUT2D eigenvalue weighted by Crippen LogP contribution is 2.42. The molecule has 10 atom stereocenters. The first-order valence-electron chi connectivity index (χ1n) is 17.3. The van der Waals surface area contributed by atoms with Gasteiger partial charge in [0.15, 0.2) is 12.2 Å². The molecule has 3 amide bonds. The lowest BCUT2D eigenvalue weighted by Crippen LogP contribution is -2.58. The Hall–Kier alpha value is -3.34. The van der Waals surface area contributed by atoms with Crippen molar-refractivity contribution < 1.29 is 44.3 Å². The number of unbranched alkanes of at least 4 members (excludes halogenated alkanes) is 1. The Morgan fingerprint density at radius 1 is 1.06 bits per heavy atom. The number of aliphatic imine (C=N–C) groups is 1. The molecule has 0 bridgehead atoms. The number of carbonyl (C=O) groups is 3. The first kappa shape index (κ1) is 38.5. The SMILES string of the molecule is CC(C)CC(NC(=O)C(O)Cc1ccccc1)C(=O)N1C(C(=O)NCCCCN=C(N)N)CC2CCC(OC3OCC(O)C(O)C3O)CC21. The van der Waals surface area contributed by atoms with E-state index in [1.165, 1.54) is 0 Å². The Balaban J connectivity index is 1.51. The molecule has 0 aromatic heterocycles. The zero-order valence-corrected chi connectivity index (χ0v) is 28.4. The summed E-state index contributed by atoms with van der Waals surface area (Å²) in [5, 5.41) is 47.0. The van der Waals surface area contributed by atoms with Gasteiger partial charge in [0, 0.05) is 25.6 Å². The second-order valence-corrected chi connectivity index (χ2v) is 13.8. The molecule has 274 valence electrons. The summed E-state index contributed by atoms with van der Waals surface area (Å²) >= 11 is 0. The van der Waals surface area contributed by atoms with Crippen LogP contribution in [0.3, 0.4) is 0 Å². The highest BCUT2D eigenvalue weighted by Gasteiger charge is 2.51. The summed E-state index contributed by atoms with van der Waals surface area (Å²) in [5.41, 5.74) is 11.5. The standard InChI is InChI=1S/C34H54N6O9/c1-19(2)14-23(39-31(46)26(41)15-20-8-4-3-5-9-20)32(47)40-24-17-22(49-33-29(44)28(43)27(42)18-48-33)11-10-21(24)16-25(40)30(45)37-12-6-7-13-38-34(35)36/h3-5,8-9,19,21-29,33,41-44H,6-7,10-18H2,1-2H3,(H,37,45)(H,39,46)(H4,35,36,38). The number of rotatable bonds is 15. The molecule has 15 nitrogen and oxygen atoms in total. The zero-order valence-electron chi connectivity index (χ0n) is 28.4. The van der Waals surface area contributed by atoms with Crippen molar-refractivity contribution in [3.63, 3.8) is 0 Å². The predicted molar refractivity (Wildman–Crippen MR) is 179 cm³/mol. The number of carbonyl (C=O) groups excluding carboxylic acids is 3. The maximum absolute atomic E-state index is 14.5. The van der Waals surface area contributed by atoms with Gasteiger partial charge in [0.2, 0.25) is 17.7 Å². The van der Waals surface area contributed by atoms with Gasteiger partial charge in [-0.3, -0.25) is 19.4 Å². The summed E-state index contributed by atoms with van der Waals surface area (Å²) in [4.78, 5) is 47.0. The molecule has 10 N–H and O–H groups in total. The summed E-state index contributed by atoms with van der Waals surface area (Å²) in [6.07, 6.45) is -3.51. The molecule has 15 heteroatoms. The minimum atomic E-state index is -1.46. The fraction of sp³-hybridized carbons (Fsp3) is 0.706. The molecule has 3 aliphatic rings. The van der Waals surface area contributed by atoms with Crippen LogP contribution < -0.4 is 22.1 Å². The minimum absolute atomic E-state index is 0.00277. The van der Waals surface area contributed by atoms with Crippen molar-refractivity contribution in [2.75, 3.05) is 19.7 Å². The number of likely N-dealkylation sites (tertiary alicyclic amines) is 1. The Kier molecular flexibility index (Phi) is 14.2. The molecule has 4 rings (SSSR count). The molecule has 1 saturated carbocycles. The van der Waals surface area contributed by atoms with E-state index in [4.69, 9.17) is 20.9 Å². The monoisotopic (exact) mass is 690 g/mol. The van der Waals surface area contributed by atoms with Gasteiger partial charge in [-0.25, -0.2) is 0 Å². The number of nitrogens with two attached hydrogens (primary N) is 2. The summed E-state index contributed by atoms with van der Waals surface area (Å²) in [6, 6.07) is 6.89. The van der Waals surface area contributed by atoms with Gasteiger partial charge in [0.25, 0.3) is 0 Å². The molecule has 49 heavy (non-hydrogen) atoms. The molecule has 1 aromatic carbocycles. The molecule has 2 aliphatic heterocycles. The quantitative estimate of drug-likeness (QED) is 0.0623. The van der Waals surface area contributed by atoms with Gasteiger partial charge >= 0.3 is 0 Å². The normalized spacial score (nSPS) is 29.5. The van der Waals surface area contributed by atoms with E-state index in [0.717, 1.165) is 5.56 Å². The largest absolute Gasteiger partial charge is 0.388 e. The van der Waals surface area contributed by atoms with Gasteiger partial charge in [-0.1, -0.05) is 44.2 Å². The maximum Gasteiger partial charge on any atom is 0.249 e. The number of aliphatic hydroxyl groups is 4. The van der Waals surface area contributed by atoms with Gasteiger partial charge in [-0.2, -0.15) is 0 Å². The molecule has 0 radical (unpaired) electrons. The molecule has 0 spiro atoms. The maximum atomic E-state index is 14.5. The first-order valence-corrected chi connectivity index (χ1v) is 17.3. The third-order valence-corrected chi connectivity index (χ3v) is 9.54. The van der Waals surface area contributed by atoms with E-state index in [0.29, 0.717) is 51.6 Å². The lowest BCUT2D eigenvalue weighted by molar-refractivity contribution is -0.285. The zero-order chi connectivity index (χ0) is 35.7. The first-order chi connectivity index (χ1) is 23.3. The lowest BCUT2D eigenvalue weighted by Gasteiger charge is -2.41. The van der Waals surface area contributed by atoms with E-state index in [-0.39, 0.29) is 43.2 Å². The Morgan fingerprint density at radius 2 is 1.80 bits per heavy atom. The second-order valence-electron chi connectivity index (χ2n) is 13.8. The number of fused-ring (bicyclic) bond motifs is 1. The number of hydrogen-bond donors (Lipinski definition) is 8. The van der Waals surface area contributed by atoms with Crippen molar-refractivity contribution in [1.82, 2.24) is 15.5 Å².